The molecule has 1 rings (SSSR count). The molecule has 2 unspecified atom stereocenters. The molecule has 0 amide bonds. The van der Waals surface area contributed by atoms with Crippen LogP contribution in [0.4, 0.5) is 0 Å². The van der Waals surface area contributed by atoms with Crippen LogP contribution in [0.2, 0.25) is 0 Å². The zero-order valence-electron chi connectivity index (χ0n) is 13.9. The summed E-state index contributed by atoms with van der Waals surface area (Å²) in [4.78, 5) is 4.34. The standard InChI is InChI=1S/C16H33N3O2/c1-13(2)6-4-7-14(3)19-16(17)18-9-5-10-21-15-8-11-20-12-15/h13-15H,4-12H2,1-3H3,(H3,17,18,19). The van der Waals surface area contributed by atoms with Gasteiger partial charge in [-0.2, -0.15) is 0 Å². The van der Waals surface area contributed by atoms with Crippen molar-refractivity contribution in [2.24, 2.45) is 16.6 Å². The summed E-state index contributed by atoms with van der Waals surface area (Å²) in [6.07, 6.45) is 5.84. The molecular weight excluding hydrogens is 266 g/mol. The Kier molecular flexibility index (Phi) is 9.42. The molecule has 1 fully saturated rings. The SMILES string of the molecule is CC(C)CCCC(C)NC(N)=NCCCOC1CCOC1. The van der Waals surface area contributed by atoms with Crippen molar-refractivity contribution in [3.63, 3.8) is 0 Å². The van der Waals surface area contributed by atoms with Gasteiger partial charge in [-0.1, -0.05) is 26.7 Å². The van der Waals surface area contributed by atoms with E-state index in [4.69, 9.17) is 15.2 Å². The Bertz CT molecular complexity index is 289. The number of hydrogen-bond acceptors (Lipinski definition) is 3. The largest absolute Gasteiger partial charge is 0.379 e. The first-order chi connectivity index (χ1) is 10.1. The highest BCUT2D eigenvalue weighted by Crippen LogP contribution is 2.09. The molecule has 0 aromatic heterocycles. The zero-order chi connectivity index (χ0) is 15.5. The zero-order valence-corrected chi connectivity index (χ0v) is 13.9. The number of nitrogens with zero attached hydrogens (tertiary/aromatic N) is 1. The fraction of sp³-hybridized carbons (Fsp3) is 0.938. The molecule has 3 N–H and O–H groups in total. The van der Waals surface area contributed by atoms with Crippen molar-refractivity contribution >= 4 is 5.96 Å². The van der Waals surface area contributed by atoms with E-state index in [1.165, 1.54) is 12.8 Å². The van der Waals surface area contributed by atoms with E-state index >= 15 is 0 Å². The molecule has 5 heteroatoms. The minimum atomic E-state index is 0.283. The number of nitrogens with two attached hydrogens (primary N) is 1. The molecule has 0 radical (unpaired) electrons. The van der Waals surface area contributed by atoms with Gasteiger partial charge in [0.1, 0.15) is 0 Å². The topological polar surface area (TPSA) is 68.9 Å². The normalized spacial score (nSPS) is 21.0. The van der Waals surface area contributed by atoms with Gasteiger partial charge in [0, 0.05) is 25.8 Å². The van der Waals surface area contributed by atoms with Gasteiger partial charge >= 0.3 is 0 Å². The average Bonchev–Trinajstić information content (AvgIpc) is 2.91. The smallest absolute Gasteiger partial charge is 0.188 e. The third-order valence-corrected chi connectivity index (χ3v) is 3.64. The fourth-order valence-corrected chi connectivity index (χ4v) is 2.36. The van der Waals surface area contributed by atoms with Crippen molar-refractivity contribution in [3.05, 3.63) is 0 Å². The third-order valence-electron chi connectivity index (χ3n) is 3.64. The van der Waals surface area contributed by atoms with E-state index in [1.807, 2.05) is 0 Å². The van der Waals surface area contributed by atoms with E-state index in [0.29, 0.717) is 18.5 Å². The molecular formula is C16H33N3O2. The Labute approximate surface area is 129 Å². The summed E-state index contributed by atoms with van der Waals surface area (Å²) in [6, 6.07) is 0.388. The molecule has 0 saturated carbocycles. The van der Waals surface area contributed by atoms with Gasteiger partial charge in [-0.3, -0.25) is 4.99 Å². The number of aliphatic imine (C=N–C) groups is 1. The molecule has 1 saturated heterocycles. The first-order valence-corrected chi connectivity index (χ1v) is 8.33. The number of rotatable bonds is 10. The summed E-state index contributed by atoms with van der Waals surface area (Å²) in [7, 11) is 0. The van der Waals surface area contributed by atoms with Gasteiger partial charge in [0.05, 0.1) is 12.7 Å². The highest BCUT2D eigenvalue weighted by Gasteiger charge is 2.15. The van der Waals surface area contributed by atoms with Gasteiger partial charge in [0.15, 0.2) is 5.96 Å². The van der Waals surface area contributed by atoms with Crippen molar-refractivity contribution in [3.8, 4) is 0 Å². The number of nitrogens with one attached hydrogen (secondary N) is 1. The minimum absolute atomic E-state index is 0.283. The highest BCUT2D eigenvalue weighted by atomic mass is 16.5. The Hall–Kier alpha value is -0.810. The predicted octanol–water partition coefficient (Wildman–Crippen LogP) is 2.30. The summed E-state index contributed by atoms with van der Waals surface area (Å²) in [5.41, 5.74) is 5.89. The second kappa shape index (κ2) is 10.9. The Balaban J connectivity index is 2.00. The number of guanidine groups is 1. The number of ether oxygens (including phenoxy) is 2. The minimum Gasteiger partial charge on any atom is -0.379 e. The second-order valence-electron chi connectivity index (χ2n) is 6.35. The fourth-order valence-electron chi connectivity index (χ4n) is 2.36. The Morgan fingerprint density at radius 3 is 2.81 bits per heavy atom. The molecule has 0 aliphatic carbocycles. The van der Waals surface area contributed by atoms with Gasteiger partial charge in [-0.05, 0) is 32.1 Å². The Morgan fingerprint density at radius 2 is 2.14 bits per heavy atom. The molecule has 0 bridgehead atoms. The van der Waals surface area contributed by atoms with Crippen LogP contribution in [0, 0.1) is 5.92 Å². The summed E-state index contributed by atoms with van der Waals surface area (Å²) < 4.78 is 10.9. The van der Waals surface area contributed by atoms with E-state index in [-0.39, 0.29) is 6.10 Å². The van der Waals surface area contributed by atoms with Gasteiger partial charge in [0.2, 0.25) is 0 Å². The lowest BCUT2D eigenvalue weighted by atomic mass is 10.0. The van der Waals surface area contributed by atoms with Crippen molar-refractivity contribution < 1.29 is 9.47 Å². The average molecular weight is 299 g/mol. The molecule has 21 heavy (non-hydrogen) atoms. The maximum Gasteiger partial charge on any atom is 0.188 e. The molecule has 5 nitrogen and oxygen atoms in total. The molecule has 1 heterocycles. The first-order valence-electron chi connectivity index (χ1n) is 8.33. The van der Waals surface area contributed by atoms with Gasteiger partial charge in [0.25, 0.3) is 0 Å². The van der Waals surface area contributed by atoms with Gasteiger partial charge in [-0.15, -0.1) is 0 Å². The van der Waals surface area contributed by atoms with Crippen molar-refractivity contribution in [2.45, 2.75) is 65.0 Å². The van der Waals surface area contributed by atoms with Crippen LogP contribution in [0.3, 0.4) is 0 Å². The second-order valence-corrected chi connectivity index (χ2v) is 6.35. The lowest BCUT2D eigenvalue weighted by molar-refractivity contribution is 0.0424. The summed E-state index contributed by atoms with van der Waals surface area (Å²) in [5, 5.41) is 3.25. The predicted molar refractivity (Wildman–Crippen MR) is 87.6 cm³/mol. The molecule has 0 aromatic carbocycles. The maximum absolute atomic E-state index is 5.89. The van der Waals surface area contributed by atoms with Crippen LogP contribution in [0.25, 0.3) is 0 Å². The highest BCUT2D eigenvalue weighted by molar-refractivity contribution is 5.78. The number of hydrogen-bond donors (Lipinski definition) is 2. The quantitative estimate of drug-likeness (QED) is 0.369. The molecule has 2 atom stereocenters. The van der Waals surface area contributed by atoms with E-state index in [0.717, 1.165) is 45.0 Å². The van der Waals surface area contributed by atoms with Crippen LogP contribution in [0.5, 0.6) is 0 Å². The molecule has 124 valence electrons. The third kappa shape index (κ3) is 9.69. The van der Waals surface area contributed by atoms with Gasteiger partial charge in [-0.25, -0.2) is 0 Å². The van der Waals surface area contributed by atoms with Crippen LogP contribution < -0.4 is 11.1 Å². The van der Waals surface area contributed by atoms with Crippen LogP contribution in [-0.2, 0) is 9.47 Å². The summed E-state index contributed by atoms with van der Waals surface area (Å²) in [5.74, 6) is 1.32. The van der Waals surface area contributed by atoms with Crippen LogP contribution >= 0.6 is 0 Å². The monoisotopic (exact) mass is 299 g/mol. The van der Waals surface area contributed by atoms with Crippen LogP contribution in [-0.4, -0.2) is 44.5 Å². The summed E-state index contributed by atoms with van der Waals surface area (Å²) in [6.45, 7) is 9.68. The summed E-state index contributed by atoms with van der Waals surface area (Å²) >= 11 is 0. The maximum atomic E-state index is 5.89. The van der Waals surface area contributed by atoms with Crippen LogP contribution in [0.1, 0.15) is 52.9 Å². The van der Waals surface area contributed by atoms with E-state index in [2.05, 4.69) is 31.1 Å². The molecule has 1 aliphatic heterocycles. The Morgan fingerprint density at radius 1 is 1.33 bits per heavy atom. The van der Waals surface area contributed by atoms with Crippen molar-refractivity contribution in [2.75, 3.05) is 26.4 Å². The lowest BCUT2D eigenvalue weighted by Crippen LogP contribution is -2.38. The van der Waals surface area contributed by atoms with E-state index in [1.54, 1.807) is 0 Å². The van der Waals surface area contributed by atoms with Crippen molar-refractivity contribution in [1.29, 1.82) is 0 Å². The first kappa shape index (κ1) is 18.2. The molecule has 0 aromatic rings. The van der Waals surface area contributed by atoms with Crippen LogP contribution in [0.15, 0.2) is 4.99 Å². The molecule has 0 spiro atoms. The lowest BCUT2D eigenvalue weighted by Gasteiger charge is -2.15. The van der Waals surface area contributed by atoms with E-state index in [9.17, 15) is 0 Å². The van der Waals surface area contributed by atoms with E-state index < -0.39 is 0 Å². The molecule has 1 aliphatic rings. The van der Waals surface area contributed by atoms with Gasteiger partial charge < -0.3 is 20.5 Å². The van der Waals surface area contributed by atoms with Crippen molar-refractivity contribution in [1.82, 2.24) is 5.32 Å².